The molecule has 0 heterocycles. The van der Waals surface area contributed by atoms with E-state index < -0.39 is 11.3 Å². The average Bonchev–Trinajstić information content (AvgIpc) is 2.40. The third-order valence-electron chi connectivity index (χ3n) is 2.77. The zero-order valence-electron chi connectivity index (χ0n) is 7.69. The van der Waals surface area contributed by atoms with Crippen LogP contribution in [0.2, 0.25) is 0 Å². The van der Waals surface area contributed by atoms with Crippen LogP contribution >= 0.6 is 0 Å². The minimum atomic E-state index is -1.32. The maximum Gasteiger partial charge on any atom is 0.142 e. The lowest BCUT2D eigenvalue weighted by atomic mass is 9.95. The van der Waals surface area contributed by atoms with Crippen molar-refractivity contribution in [1.29, 1.82) is 0 Å². The van der Waals surface area contributed by atoms with Gasteiger partial charge in [-0.2, -0.15) is 0 Å². The summed E-state index contributed by atoms with van der Waals surface area (Å²) in [6.07, 6.45) is 0.522. The van der Waals surface area contributed by atoms with Crippen molar-refractivity contribution < 1.29 is 9.50 Å². The molecule has 0 aromatic carbocycles. The van der Waals surface area contributed by atoms with Gasteiger partial charge in [-0.1, -0.05) is 13.8 Å². The van der Waals surface area contributed by atoms with Crippen LogP contribution in [0, 0.1) is 11.8 Å². The molecule has 2 atom stereocenters. The molecule has 1 aliphatic carbocycles. The van der Waals surface area contributed by atoms with E-state index in [2.05, 4.69) is 0 Å². The van der Waals surface area contributed by atoms with E-state index >= 15 is 0 Å². The van der Waals surface area contributed by atoms with Crippen LogP contribution in [-0.4, -0.2) is 16.4 Å². The van der Waals surface area contributed by atoms with Crippen molar-refractivity contribution in [3.8, 4) is 0 Å². The van der Waals surface area contributed by atoms with E-state index in [0.29, 0.717) is 12.3 Å². The summed E-state index contributed by atoms with van der Waals surface area (Å²) in [5, 5.41) is 9.46. The van der Waals surface area contributed by atoms with Crippen molar-refractivity contribution in [3.63, 3.8) is 0 Å². The highest BCUT2D eigenvalue weighted by atomic mass is 19.1. The maximum absolute atomic E-state index is 13.7. The molecule has 11 heavy (non-hydrogen) atoms. The molecule has 0 aromatic heterocycles. The minimum absolute atomic E-state index is 0.0579. The van der Waals surface area contributed by atoms with Crippen molar-refractivity contribution >= 4 is 0 Å². The molecular weight excluding hydrogens is 143 g/mol. The molecule has 0 saturated heterocycles. The van der Waals surface area contributed by atoms with Crippen LogP contribution < -0.4 is 0 Å². The van der Waals surface area contributed by atoms with Crippen LogP contribution in [0.3, 0.4) is 0 Å². The van der Waals surface area contributed by atoms with Crippen molar-refractivity contribution in [2.45, 2.75) is 45.4 Å². The van der Waals surface area contributed by atoms with Gasteiger partial charge in [0.2, 0.25) is 0 Å². The average molecular weight is 160 g/mol. The second-order valence-electron chi connectivity index (χ2n) is 4.48. The second kappa shape index (κ2) is 2.19. The third kappa shape index (κ3) is 1.28. The maximum atomic E-state index is 13.7. The fraction of sp³-hybridized carbons (Fsp3) is 1.00. The molecular formula is C9H17FO. The molecule has 1 N–H and O–H groups in total. The van der Waals surface area contributed by atoms with Crippen molar-refractivity contribution in [3.05, 3.63) is 0 Å². The summed E-state index contributed by atoms with van der Waals surface area (Å²) in [6, 6.07) is 0. The van der Waals surface area contributed by atoms with E-state index in [9.17, 15) is 9.50 Å². The molecule has 0 amide bonds. The molecule has 0 bridgehead atoms. The van der Waals surface area contributed by atoms with Gasteiger partial charge >= 0.3 is 0 Å². The molecule has 0 aromatic rings. The topological polar surface area (TPSA) is 20.2 Å². The van der Waals surface area contributed by atoms with Gasteiger partial charge in [0, 0.05) is 5.92 Å². The Morgan fingerprint density at radius 1 is 1.55 bits per heavy atom. The predicted octanol–water partition coefficient (Wildman–Crippen LogP) is 2.14. The van der Waals surface area contributed by atoms with Crippen LogP contribution in [0.1, 0.15) is 34.1 Å². The number of hydrogen-bond acceptors (Lipinski definition) is 1. The van der Waals surface area contributed by atoms with Crippen LogP contribution in [0.15, 0.2) is 0 Å². The van der Waals surface area contributed by atoms with Gasteiger partial charge in [0.25, 0.3) is 0 Å². The molecule has 2 heteroatoms. The highest BCUT2D eigenvalue weighted by molar-refractivity contribution is 5.13. The quantitative estimate of drug-likeness (QED) is 0.656. The second-order valence-corrected chi connectivity index (χ2v) is 4.48. The van der Waals surface area contributed by atoms with Crippen LogP contribution in [0.4, 0.5) is 4.39 Å². The first kappa shape index (κ1) is 8.98. The molecule has 1 saturated carbocycles. The highest BCUT2D eigenvalue weighted by Gasteiger charge is 2.64. The minimum Gasteiger partial charge on any atom is -0.387 e. The number of rotatable bonds is 2. The third-order valence-corrected chi connectivity index (χ3v) is 2.77. The van der Waals surface area contributed by atoms with E-state index in [-0.39, 0.29) is 5.92 Å². The van der Waals surface area contributed by atoms with E-state index in [4.69, 9.17) is 0 Å². The lowest BCUT2D eigenvalue weighted by molar-refractivity contribution is -0.0308. The van der Waals surface area contributed by atoms with Gasteiger partial charge in [-0.25, -0.2) is 4.39 Å². The molecule has 1 nitrogen and oxygen atoms in total. The Labute approximate surface area is 67.6 Å². The summed E-state index contributed by atoms with van der Waals surface area (Å²) in [5.41, 5.74) is -2.48. The summed E-state index contributed by atoms with van der Waals surface area (Å²) in [7, 11) is 0. The largest absolute Gasteiger partial charge is 0.387 e. The fourth-order valence-corrected chi connectivity index (χ4v) is 1.73. The monoisotopic (exact) mass is 160 g/mol. The number of halogens is 1. The van der Waals surface area contributed by atoms with E-state index in [1.54, 1.807) is 13.8 Å². The van der Waals surface area contributed by atoms with Crippen molar-refractivity contribution in [2.24, 2.45) is 11.8 Å². The summed E-state index contributed by atoms with van der Waals surface area (Å²) in [6.45, 7) is 7.10. The van der Waals surface area contributed by atoms with Crippen LogP contribution in [-0.2, 0) is 0 Å². The fourth-order valence-electron chi connectivity index (χ4n) is 1.73. The van der Waals surface area contributed by atoms with Crippen molar-refractivity contribution in [1.82, 2.24) is 0 Å². The number of hydrogen-bond donors (Lipinski definition) is 1. The zero-order chi connectivity index (χ0) is 8.86. The normalized spacial score (nSPS) is 37.9. The Morgan fingerprint density at radius 2 is 2.00 bits per heavy atom. The highest BCUT2D eigenvalue weighted by Crippen LogP contribution is 2.57. The predicted molar refractivity (Wildman–Crippen MR) is 43.1 cm³/mol. The summed E-state index contributed by atoms with van der Waals surface area (Å²) < 4.78 is 13.7. The Kier molecular flexibility index (Phi) is 1.79. The lowest BCUT2D eigenvalue weighted by Crippen LogP contribution is -2.37. The van der Waals surface area contributed by atoms with Gasteiger partial charge in [0.1, 0.15) is 5.67 Å². The van der Waals surface area contributed by atoms with Crippen molar-refractivity contribution in [2.75, 3.05) is 0 Å². The first-order valence-electron chi connectivity index (χ1n) is 4.20. The van der Waals surface area contributed by atoms with E-state index in [1.165, 1.54) is 0 Å². The van der Waals surface area contributed by atoms with E-state index in [1.807, 2.05) is 13.8 Å². The van der Waals surface area contributed by atoms with Gasteiger partial charge in [-0.3, -0.25) is 0 Å². The Morgan fingerprint density at radius 3 is 2.09 bits per heavy atom. The first-order valence-corrected chi connectivity index (χ1v) is 4.20. The number of aliphatic hydroxyl groups is 1. The number of alkyl halides is 1. The van der Waals surface area contributed by atoms with Gasteiger partial charge in [0.15, 0.2) is 0 Å². The summed E-state index contributed by atoms with van der Waals surface area (Å²) in [5.74, 6) is 0.397. The standard InChI is InChI=1S/C9H17FO/c1-6(2)7-5-9(7,10)8(3,4)11/h6-7,11H,5H2,1-4H3/t7-,9-/m0/s1. The molecule has 1 aliphatic rings. The Balaban J connectivity index is 2.63. The molecule has 0 radical (unpaired) electrons. The summed E-state index contributed by atoms with van der Waals surface area (Å²) >= 11 is 0. The Bertz CT molecular complexity index is 159. The molecule has 66 valence electrons. The van der Waals surface area contributed by atoms with Crippen LogP contribution in [0.25, 0.3) is 0 Å². The smallest absolute Gasteiger partial charge is 0.142 e. The molecule has 1 rings (SSSR count). The zero-order valence-corrected chi connectivity index (χ0v) is 7.69. The SMILES string of the molecule is CC(C)[C@@H]1C[C@@]1(F)C(C)(C)O. The molecule has 0 unspecified atom stereocenters. The van der Waals surface area contributed by atoms with Gasteiger partial charge in [-0.05, 0) is 26.2 Å². The van der Waals surface area contributed by atoms with E-state index in [0.717, 1.165) is 0 Å². The summed E-state index contributed by atoms with van der Waals surface area (Å²) in [4.78, 5) is 0. The molecule has 0 aliphatic heterocycles. The Hall–Kier alpha value is -0.110. The van der Waals surface area contributed by atoms with Gasteiger partial charge in [-0.15, -0.1) is 0 Å². The van der Waals surface area contributed by atoms with Crippen LogP contribution in [0.5, 0.6) is 0 Å². The van der Waals surface area contributed by atoms with Gasteiger partial charge < -0.3 is 5.11 Å². The lowest BCUT2D eigenvalue weighted by Gasteiger charge is -2.24. The molecule has 1 fully saturated rings. The van der Waals surface area contributed by atoms with Gasteiger partial charge in [0.05, 0.1) is 5.60 Å². The first-order chi connectivity index (χ1) is 4.79. The molecule has 0 spiro atoms.